The van der Waals surface area contributed by atoms with Gasteiger partial charge in [-0.1, -0.05) is 19.1 Å². The topological polar surface area (TPSA) is 90.3 Å². The number of phenolic OH excluding ortho intramolecular Hbond substituents is 1. The van der Waals surface area contributed by atoms with Crippen LogP contribution < -0.4 is 4.74 Å². The van der Waals surface area contributed by atoms with Crippen molar-refractivity contribution in [3.05, 3.63) is 65.2 Å². The molecule has 0 aromatic heterocycles. The third-order valence-corrected chi connectivity index (χ3v) is 5.14. The number of Topliss-reactive ketones (excluding diaryl/α,β-unsaturated/α-hetero) is 1. The minimum atomic E-state index is -0.739. The van der Waals surface area contributed by atoms with Crippen LogP contribution in [0.4, 0.5) is 0 Å². The lowest BCUT2D eigenvalue weighted by atomic mass is 9.95. The molecular formula is C24H28N2O5. The standard InChI is InChI=1S/C24H28N2O5/c1-4-15-31-19-11-7-17(8-12-19)22(28)20-21(16-5-9-18(27)10-6-16)26(14-13-25(2)3)24(30)23(20)29/h5-12,21,27-28H,4,13-15H2,1-3H3/b22-20+/t21-/m0/s1. The fourth-order valence-corrected chi connectivity index (χ4v) is 3.51. The number of aliphatic hydroxyl groups is 1. The van der Waals surface area contributed by atoms with Crippen molar-refractivity contribution in [1.82, 2.24) is 9.80 Å². The number of aliphatic hydroxyl groups excluding tert-OH is 1. The minimum Gasteiger partial charge on any atom is -0.508 e. The van der Waals surface area contributed by atoms with Crippen LogP contribution in [0.2, 0.25) is 0 Å². The number of phenols is 1. The highest BCUT2D eigenvalue weighted by Gasteiger charge is 2.45. The van der Waals surface area contributed by atoms with Crippen molar-refractivity contribution >= 4 is 17.4 Å². The summed E-state index contributed by atoms with van der Waals surface area (Å²) >= 11 is 0. The molecule has 31 heavy (non-hydrogen) atoms. The number of aromatic hydroxyl groups is 1. The SMILES string of the molecule is CCCOc1ccc(/C(O)=C2\C(=O)C(=O)N(CCN(C)C)[C@H]2c2ccc(O)cc2)cc1. The summed E-state index contributed by atoms with van der Waals surface area (Å²) in [5, 5.41) is 20.7. The maximum absolute atomic E-state index is 12.9. The van der Waals surface area contributed by atoms with Crippen LogP contribution in [0.5, 0.6) is 11.5 Å². The average molecular weight is 424 g/mol. The van der Waals surface area contributed by atoms with Gasteiger partial charge >= 0.3 is 0 Å². The molecule has 3 rings (SSSR count). The Bertz CT molecular complexity index is 964. The zero-order valence-electron chi connectivity index (χ0n) is 18.0. The molecule has 7 nitrogen and oxygen atoms in total. The largest absolute Gasteiger partial charge is 0.508 e. The van der Waals surface area contributed by atoms with Crippen LogP contribution in [0.25, 0.3) is 5.76 Å². The van der Waals surface area contributed by atoms with E-state index in [1.54, 1.807) is 36.4 Å². The number of likely N-dealkylation sites (N-methyl/N-ethyl adjacent to an activating group) is 1. The molecule has 1 aliphatic heterocycles. The Balaban J connectivity index is 2.04. The molecule has 1 amide bonds. The summed E-state index contributed by atoms with van der Waals surface area (Å²) in [6, 6.07) is 12.4. The van der Waals surface area contributed by atoms with Crippen molar-refractivity contribution < 1.29 is 24.5 Å². The highest BCUT2D eigenvalue weighted by atomic mass is 16.5. The predicted molar refractivity (Wildman–Crippen MR) is 118 cm³/mol. The van der Waals surface area contributed by atoms with Crippen LogP contribution in [-0.4, -0.2) is 65.5 Å². The number of amides is 1. The number of rotatable bonds is 8. The van der Waals surface area contributed by atoms with Crippen molar-refractivity contribution in [3.63, 3.8) is 0 Å². The lowest BCUT2D eigenvalue weighted by Gasteiger charge is -2.26. The van der Waals surface area contributed by atoms with Gasteiger partial charge in [0.25, 0.3) is 11.7 Å². The van der Waals surface area contributed by atoms with Gasteiger partial charge in [0.15, 0.2) is 0 Å². The van der Waals surface area contributed by atoms with E-state index in [9.17, 15) is 19.8 Å². The third-order valence-electron chi connectivity index (χ3n) is 5.14. The first-order valence-electron chi connectivity index (χ1n) is 10.3. The number of carbonyl (C=O) groups excluding carboxylic acids is 2. The zero-order chi connectivity index (χ0) is 22.5. The highest BCUT2D eigenvalue weighted by Crippen LogP contribution is 2.39. The normalized spacial score (nSPS) is 18.1. The molecule has 1 heterocycles. The Morgan fingerprint density at radius 2 is 1.71 bits per heavy atom. The number of benzene rings is 2. The van der Waals surface area contributed by atoms with Crippen LogP contribution in [0.1, 0.15) is 30.5 Å². The van der Waals surface area contributed by atoms with E-state index in [1.807, 2.05) is 25.9 Å². The molecule has 7 heteroatoms. The smallest absolute Gasteiger partial charge is 0.295 e. The Morgan fingerprint density at radius 1 is 1.06 bits per heavy atom. The molecular weight excluding hydrogens is 396 g/mol. The molecule has 0 saturated carbocycles. The molecule has 2 aromatic carbocycles. The van der Waals surface area contributed by atoms with E-state index in [4.69, 9.17) is 4.74 Å². The number of likely N-dealkylation sites (tertiary alicyclic amines) is 1. The molecule has 2 aromatic rings. The second-order valence-corrected chi connectivity index (χ2v) is 7.76. The summed E-state index contributed by atoms with van der Waals surface area (Å²) in [6.45, 7) is 3.48. The Kier molecular flexibility index (Phi) is 6.97. The van der Waals surface area contributed by atoms with Gasteiger partial charge in [0.05, 0.1) is 18.2 Å². The molecule has 164 valence electrons. The van der Waals surface area contributed by atoms with E-state index in [1.165, 1.54) is 17.0 Å². The van der Waals surface area contributed by atoms with Gasteiger partial charge in [0.1, 0.15) is 17.3 Å². The van der Waals surface area contributed by atoms with E-state index >= 15 is 0 Å². The second kappa shape index (κ2) is 9.66. The first-order chi connectivity index (χ1) is 14.8. The molecule has 1 atom stereocenters. The van der Waals surface area contributed by atoms with Crippen molar-refractivity contribution in [2.75, 3.05) is 33.8 Å². The number of hydrogen-bond donors (Lipinski definition) is 2. The number of hydrogen-bond acceptors (Lipinski definition) is 6. The zero-order valence-corrected chi connectivity index (χ0v) is 18.0. The van der Waals surface area contributed by atoms with Gasteiger partial charge in [-0.05, 0) is 62.5 Å². The van der Waals surface area contributed by atoms with E-state index in [0.29, 0.717) is 36.6 Å². The fraction of sp³-hybridized carbons (Fsp3) is 0.333. The Labute approximate surface area is 182 Å². The molecule has 0 aliphatic carbocycles. The summed E-state index contributed by atoms with van der Waals surface area (Å²) in [6.07, 6.45) is 0.880. The van der Waals surface area contributed by atoms with Crippen molar-refractivity contribution in [3.8, 4) is 11.5 Å². The lowest BCUT2D eigenvalue weighted by Crippen LogP contribution is -2.35. The summed E-state index contributed by atoms with van der Waals surface area (Å²) in [5.74, 6) is -0.854. The number of ether oxygens (including phenoxy) is 1. The fourth-order valence-electron chi connectivity index (χ4n) is 3.51. The Morgan fingerprint density at radius 3 is 2.29 bits per heavy atom. The highest BCUT2D eigenvalue weighted by molar-refractivity contribution is 6.46. The van der Waals surface area contributed by atoms with Gasteiger partial charge in [-0.2, -0.15) is 0 Å². The summed E-state index contributed by atoms with van der Waals surface area (Å²) in [7, 11) is 3.77. The maximum Gasteiger partial charge on any atom is 0.295 e. The molecule has 0 unspecified atom stereocenters. The van der Waals surface area contributed by atoms with Crippen molar-refractivity contribution in [2.45, 2.75) is 19.4 Å². The number of carbonyl (C=O) groups is 2. The van der Waals surface area contributed by atoms with Crippen LogP contribution in [0.3, 0.4) is 0 Å². The van der Waals surface area contributed by atoms with Crippen LogP contribution in [0.15, 0.2) is 54.1 Å². The molecule has 2 N–H and O–H groups in total. The molecule has 1 fully saturated rings. The van der Waals surface area contributed by atoms with Gasteiger partial charge in [0, 0.05) is 18.7 Å². The van der Waals surface area contributed by atoms with Crippen molar-refractivity contribution in [1.29, 1.82) is 0 Å². The number of nitrogens with zero attached hydrogens (tertiary/aromatic N) is 2. The Hall–Kier alpha value is -3.32. The van der Waals surface area contributed by atoms with E-state index in [2.05, 4.69) is 0 Å². The molecule has 0 spiro atoms. The first kappa shape index (κ1) is 22.4. The quantitative estimate of drug-likeness (QED) is 0.384. The third kappa shape index (κ3) is 4.88. The summed E-state index contributed by atoms with van der Waals surface area (Å²) in [5.41, 5.74) is 1.11. The predicted octanol–water partition coefficient (Wildman–Crippen LogP) is 3.16. The molecule has 0 bridgehead atoms. The van der Waals surface area contributed by atoms with E-state index in [-0.39, 0.29) is 17.1 Å². The van der Waals surface area contributed by atoms with Crippen LogP contribution in [-0.2, 0) is 9.59 Å². The monoisotopic (exact) mass is 424 g/mol. The van der Waals surface area contributed by atoms with E-state index < -0.39 is 17.7 Å². The molecule has 1 saturated heterocycles. The van der Waals surface area contributed by atoms with Gasteiger partial charge in [-0.3, -0.25) is 9.59 Å². The van der Waals surface area contributed by atoms with Gasteiger partial charge in [0.2, 0.25) is 0 Å². The first-order valence-corrected chi connectivity index (χ1v) is 10.3. The average Bonchev–Trinajstić information content (AvgIpc) is 3.01. The lowest BCUT2D eigenvalue weighted by molar-refractivity contribution is -0.140. The maximum atomic E-state index is 12.9. The summed E-state index contributed by atoms with van der Waals surface area (Å²) < 4.78 is 5.57. The molecule has 0 radical (unpaired) electrons. The minimum absolute atomic E-state index is 0.0386. The van der Waals surface area contributed by atoms with Gasteiger partial charge < -0.3 is 24.7 Å². The van der Waals surface area contributed by atoms with Crippen molar-refractivity contribution in [2.24, 2.45) is 0 Å². The van der Waals surface area contributed by atoms with Gasteiger partial charge in [-0.25, -0.2) is 0 Å². The molecule has 1 aliphatic rings. The van der Waals surface area contributed by atoms with Crippen LogP contribution in [0, 0.1) is 0 Å². The van der Waals surface area contributed by atoms with Crippen LogP contribution >= 0.6 is 0 Å². The summed E-state index contributed by atoms with van der Waals surface area (Å²) in [4.78, 5) is 29.2. The second-order valence-electron chi connectivity index (χ2n) is 7.76. The van der Waals surface area contributed by atoms with Gasteiger partial charge in [-0.15, -0.1) is 0 Å². The number of ketones is 1. The van der Waals surface area contributed by atoms with E-state index in [0.717, 1.165) is 6.42 Å².